The zero-order valence-corrected chi connectivity index (χ0v) is 14.7. The monoisotopic (exact) mass is 367 g/mol. The Bertz CT molecular complexity index is 474. The van der Waals surface area contributed by atoms with E-state index in [1.54, 1.807) is 12.1 Å². The molecular formula is C15H24Cl2FN3O2. The predicted molar refractivity (Wildman–Crippen MR) is 94.4 cm³/mol. The maximum Gasteiger partial charge on any atom is 0.239 e. The number of carbonyl (C=O) groups excluding carboxylic acids is 1. The maximum atomic E-state index is 13.6. The van der Waals surface area contributed by atoms with Crippen LogP contribution in [0.3, 0.4) is 0 Å². The minimum absolute atomic E-state index is 0. The van der Waals surface area contributed by atoms with Crippen LogP contribution in [0.4, 0.5) is 10.1 Å². The largest absolute Gasteiger partial charge is 0.378 e. The lowest BCUT2D eigenvalue weighted by Gasteiger charge is -2.23. The highest BCUT2D eigenvalue weighted by atomic mass is 35.5. The maximum absolute atomic E-state index is 13.6. The van der Waals surface area contributed by atoms with Crippen molar-refractivity contribution < 1.29 is 13.9 Å². The standard InChI is InChI=1S/C15H22FN3O2.2ClH/c1-19(14-6-3-2-5-12(14)16)9-4-7-18-15(20)13-11-21-10-8-17-13;;/h2-3,5-6,13,17H,4,7-11H2,1H3,(H,18,20);2*1H. The smallest absolute Gasteiger partial charge is 0.239 e. The van der Waals surface area contributed by atoms with E-state index in [0.29, 0.717) is 38.5 Å². The van der Waals surface area contributed by atoms with Crippen LogP contribution in [0, 0.1) is 5.82 Å². The summed E-state index contributed by atoms with van der Waals surface area (Å²) in [7, 11) is 1.84. The van der Waals surface area contributed by atoms with E-state index >= 15 is 0 Å². The summed E-state index contributed by atoms with van der Waals surface area (Å²) >= 11 is 0. The molecule has 0 spiro atoms. The van der Waals surface area contributed by atoms with Gasteiger partial charge in [-0.1, -0.05) is 12.1 Å². The first-order chi connectivity index (χ1) is 10.2. The Hall–Kier alpha value is -1.08. The molecule has 0 aromatic heterocycles. The van der Waals surface area contributed by atoms with Crippen molar-refractivity contribution in [2.24, 2.45) is 0 Å². The van der Waals surface area contributed by atoms with Crippen LogP contribution in [0.1, 0.15) is 6.42 Å². The summed E-state index contributed by atoms with van der Waals surface area (Å²) in [6, 6.07) is 6.42. The highest BCUT2D eigenvalue weighted by Crippen LogP contribution is 2.16. The summed E-state index contributed by atoms with van der Waals surface area (Å²) in [6.45, 7) is 3.01. The molecule has 23 heavy (non-hydrogen) atoms. The number of para-hydroxylation sites is 1. The van der Waals surface area contributed by atoms with E-state index in [1.165, 1.54) is 6.07 Å². The van der Waals surface area contributed by atoms with Crippen LogP contribution in [-0.2, 0) is 9.53 Å². The lowest BCUT2D eigenvalue weighted by Crippen LogP contribution is -2.51. The molecule has 2 rings (SSSR count). The summed E-state index contributed by atoms with van der Waals surface area (Å²) in [5.74, 6) is -0.268. The molecule has 1 saturated heterocycles. The number of nitrogens with zero attached hydrogens (tertiary/aromatic N) is 1. The first-order valence-electron chi connectivity index (χ1n) is 7.23. The molecule has 132 valence electrons. The average molecular weight is 368 g/mol. The van der Waals surface area contributed by atoms with E-state index < -0.39 is 0 Å². The van der Waals surface area contributed by atoms with E-state index in [2.05, 4.69) is 10.6 Å². The number of rotatable bonds is 6. The number of hydrogen-bond donors (Lipinski definition) is 2. The first kappa shape index (κ1) is 21.9. The lowest BCUT2D eigenvalue weighted by atomic mass is 10.2. The number of ether oxygens (including phenoxy) is 1. The Balaban J connectivity index is 0.00000242. The summed E-state index contributed by atoms with van der Waals surface area (Å²) in [6.07, 6.45) is 0.754. The number of anilines is 1. The van der Waals surface area contributed by atoms with Crippen molar-refractivity contribution in [2.45, 2.75) is 12.5 Å². The van der Waals surface area contributed by atoms with Crippen molar-refractivity contribution in [2.75, 3.05) is 44.8 Å². The molecule has 1 heterocycles. The highest BCUT2D eigenvalue weighted by Gasteiger charge is 2.20. The fourth-order valence-corrected chi connectivity index (χ4v) is 2.27. The second-order valence-electron chi connectivity index (χ2n) is 5.10. The zero-order valence-electron chi connectivity index (χ0n) is 13.1. The normalized spacial score (nSPS) is 16.7. The Morgan fingerprint density at radius 2 is 2.17 bits per heavy atom. The van der Waals surface area contributed by atoms with Crippen molar-refractivity contribution in [1.82, 2.24) is 10.6 Å². The van der Waals surface area contributed by atoms with E-state index in [-0.39, 0.29) is 42.6 Å². The van der Waals surface area contributed by atoms with Crippen molar-refractivity contribution in [3.8, 4) is 0 Å². The van der Waals surface area contributed by atoms with Gasteiger partial charge in [0.2, 0.25) is 5.91 Å². The number of benzene rings is 1. The predicted octanol–water partition coefficient (Wildman–Crippen LogP) is 1.60. The molecule has 5 nitrogen and oxygen atoms in total. The number of carbonyl (C=O) groups is 1. The number of nitrogens with one attached hydrogen (secondary N) is 2. The molecule has 0 aliphatic carbocycles. The third kappa shape index (κ3) is 6.91. The minimum Gasteiger partial charge on any atom is -0.378 e. The molecule has 8 heteroatoms. The second kappa shape index (κ2) is 11.5. The minimum atomic E-state index is -0.261. The zero-order chi connectivity index (χ0) is 15.1. The van der Waals surface area contributed by atoms with Gasteiger partial charge in [-0.25, -0.2) is 4.39 Å². The first-order valence-corrected chi connectivity index (χ1v) is 7.23. The van der Waals surface area contributed by atoms with Crippen LogP contribution in [0.15, 0.2) is 24.3 Å². The topological polar surface area (TPSA) is 53.6 Å². The molecule has 1 aliphatic heterocycles. The lowest BCUT2D eigenvalue weighted by molar-refractivity contribution is -0.125. The van der Waals surface area contributed by atoms with Gasteiger partial charge in [-0.15, -0.1) is 24.8 Å². The van der Waals surface area contributed by atoms with Gasteiger partial charge in [0, 0.05) is 26.7 Å². The second-order valence-corrected chi connectivity index (χ2v) is 5.10. The number of hydrogen-bond acceptors (Lipinski definition) is 4. The Labute approximate surface area is 148 Å². The molecule has 2 N–H and O–H groups in total. The fourth-order valence-electron chi connectivity index (χ4n) is 2.27. The van der Waals surface area contributed by atoms with Crippen molar-refractivity contribution in [3.05, 3.63) is 30.1 Å². The van der Waals surface area contributed by atoms with E-state index in [0.717, 1.165) is 6.42 Å². The SMILES string of the molecule is CN(CCCNC(=O)C1COCCN1)c1ccccc1F.Cl.Cl. The molecule has 1 amide bonds. The van der Waals surface area contributed by atoms with Crippen LogP contribution in [0.5, 0.6) is 0 Å². The summed E-state index contributed by atoms with van der Waals surface area (Å²) in [5, 5.41) is 5.98. The van der Waals surface area contributed by atoms with Gasteiger partial charge in [0.1, 0.15) is 11.9 Å². The molecular weight excluding hydrogens is 344 g/mol. The molecule has 0 bridgehead atoms. The number of morpholine rings is 1. The molecule has 0 radical (unpaired) electrons. The Morgan fingerprint density at radius 3 is 2.83 bits per heavy atom. The third-order valence-corrected chi connectivity index (χ3v) is 3.47. The summed E-state index contributed by atoms with van der Waals surface area (Å²) in [4.78, 5) is 13.7. The summed E-state index contributed by atoms with van der Waals surface area (Å²) < 4.78 is 18.8. The van der Waals surface area contributed by atoms with Gasteiger partial charge in [0.25, 0.3) is 0 Å². The molecule has 0 saturated carbocycles. The van der Waals surface area contributed by atoms with Gasteiger partial charge < -0.3 is 20.3 Å². The number of amides is 1. The Morgan fingerprint density at radius 1 is 1.43 bits per heavy atom. The summed E-state index contributed by atoms with van der Waals surface area (Å²) in [5.41, 5.74) is 0.575. The van der Waals surface area contributed by atoms with Crippen LogP contribution in [0.25, 0.3) is 0 Å². The van der Waals surface area contributed by atoms with Gasteiger partial charge in [0.05, 0.1) is 18.9 Å². The molecule has 1 atom stereocenters. The molecule has 1 aromatic rings. The van der Waals surface area contributed by atoms with Crippen molar-refractivity contribution in [3.63, 3.8) is 0 Å². The molecule has 1 fully saturated rings. The van der Waals surface area contributed by atoms with Gasteiger partial charge >= 0.3 is 0 Å². The van der Waals surface area contributed by atoms with Crippen molar-refractivity contribution in [1.29, 1.82) is 0 Å². The molecule has 1 aromatic carbocycles. The fraction of sp³-hybridized carbons (Fsp3) is 0.533. The highest BCUT2D eigenvalue weighted by molar-refractivity contribution is 5.85. The van der Waals surface area contributed by atoms with E-state index in [1.807, 2.05) is 18.0 Å². The molecule has 1 aliphatic rings. The van der Waals surface area contributed by atoms with Crippen LogP contribution < -0.4 is 15.5 Å². The third-order valence-electron chi connectivity index (χ3n) is 3.47. The van der Waals surface area contributed by atoms with Gasteiger partial charge in [-0.2, -0.15) is 0 Å². The van der Waals surface area contributed by atoms with E-state index in [4.69, 9.17) is 4.74 Å². The quantitative estimate of drug-likeness (QED) is 0.749. The van der Waals surface area contributed by atoms with Gasteiger partial charge in [-0.05, 0) is 18.6 Å². The van der Waals surface area contributed by atoms with Crippen LogP contribution in [0.2, 0.25) is 0 Å². The van der Waals surface area contributed by atoms with Gasteiger partial charge in [0.15, 0.2) is 0 Å². The van der Waals surface area contributed by atoms with Crippen LogP contribution in [-0.4, -0.2) is 51.8 Å². The van der Waals surface area contributed by atoms with Crippen LogP contribution >= 0.6 is 24.8 Å². The average Bonchev–Trinajstić information content (AvgIpc) is 2.52. The van der Waals surface area contributed by atoms with E-state index in [9.17, 15) is 9.18 Å². The Kier molecular flexibility index (Phi) is 10.9. The van der Waals surface area contributed by atoms with Gasteiger partial charge in [-0.3, -0.25) is 4.79 Å². The van der Waals surface area contributed by atoms with Crippen molar-refractivity contribution >= 4 is 36.4 Å². The number of halogens is 3. The molecule has 1 unspecified atom stereocenters.